The molecule has 1 fully saturated rings. The predicted octanol–water partition coefficient (Wildman–Crippen LogP) is 2.16. The summed E-state index contributed by atoms with van der Waals surface area (Å²) in [7, 11) is 5.92. The summed E-state index contributed by atoms with van der Waals surface area (Å²) in [5.41, 5.74) is 1.35. The Morgan fingerprint density at radius 1 is 1.18 bits per heavy atom. The van der Waals surface area contributed by atoms with E-state index >= 15 is 0 Å². The maximum Gasteiger partial charge on any atom is 0.127 e. The molecule has 2 rings (SSSR count). The first-order valence-electron chi connectivity index (χ1n) is 10.2. The van der Waals surface area contributed by atoms with E-state index in [2.05, 4.69) is 55.6 Å². The van der Waals surface area contributed by atoms with Crippen molar-refractivity contribution in [3.05, 3.63) is 23.8 Å². The fourth-order valence-electron chi connectivity index (χ4n) is 3.65. The number of benzene rings is 1. The van der Waals surface area contributed by atoms with E-state index in [-0.39, 0.29) is 12.0 Å². The monoisotopic (exact) mass is 393 g/mol. The van der Waals surface area contributed by atoms with Crippen LogP contribution in [0.4, 0.5) is 0 Å². The fraction of sp³-hybridized carbons (Fsp3) is 0.727. The number of aliphatic hydroxyl groups is 1. The predicted molar refractivity (Wildman–Crippen MR) is 114 cm³/mol. The average Bonchev–Trinajstić information content (AvgIpc) is 2.61. The van der Waals surface area contributed by atoms with Crippen molar-refractivity contribution in [2.45, 2.75) is 33.4 Å². The molecule has 0 amide bonds. The second-order valence-electron chi connectivity index (χ2n) is 9.28. The van der Waals surface area contributed by atoms with Crippen LogP contribution in [0.1, 0.15) is 26.3 Å². The summed E-state index contributed by atoms with van der Waals surface area (Å²) >= 11 is 0. The maximum atomic E-state index is 10.5. The normalized spacial score (nSPS) is 17.7. The van der Waals surface area contributed by atoms with Gasteiger partial charge in [0, 0.05) is 57.4 Å². The molecule has 0 saturated carbocycles. The van der Waals surface area contributed by atoms with Crippen molar-refractivity contribution in [2.24, 2.45) is 5.41 Å². The highest BCUT2D eigenvalue weighted by Crippen LogP contribution is 2.27. The van der Waals surface area contributed by atoms with Crippen molar-refractivity contribution in [2.75, 3.05) is 67.1 Å². The van der Waals surface area contributed by atoms with Gasteiger partial charge in [0.2, 0.25) is 0 Å². The molecule has 0 aliphatic carbocycles. The molecule has 0 radical (unpaired) electrons. The Morgan fingerprint density at radius 3 is 2.46 bits per heavy atom. The fourth-order valence-corrected chi connectivity index (χ4v) is 3.65. The minimum Gasteiger partial charge on any atom is -0.497 e. The first-order chi connectivity index (χ1) is 13.2. The van der Waals surface area contributed by atoms with Gasteiger partial charge in [-0.3, -0.25) is 4.90 Å². The zero-order chi connectivity index (χ0) is 20.7. The molecule has 28 heavy (non-hydrogen) atoms. The summed E-state index contributed by atoms with van der Waals surface area (Å²) in [6.45, 7) is 13.5. The lowest BCUT2D eigenvalue weighted by atomic mass is 9.96. The van der Waals surface area contributed by atoms with Crippen LogP contribution in [0.25, 0.3) is 0 Å². The van der Waals surface area contributed by atoms with Crippen LogP contribution < -0.4 is 9.47 Å². The van der Waals surface area contributed by atoms with Gasteiger partial charge in [-0.1, -0.05) is 26.8 Å². The Kier molecular flexibility index (Phi) is 8.56. The van der Waals surface area contributed by atoms with Gasteiger partial charge in [-0.2, -0.15) is 0 Å². The minimum atomic E-state index is -0.505. The summed E-state index contributed by atoms with van der Waals surface area (Å²) in [6, 6.07) is 5.94. The van der Waals surface area contributed by atoms with Crippen molar-refractivity contribution in [3.8, 4) is 11.5 Å². The van der Waals surface area contributed by atoms with Crippen molar-refractivity contribution >= 4 is 0 Å². The van der Waals surface area contributed by atoms with Crippen LogP contribution in [0.3, 0.4) is 0 Å². The van der Waals surface area contributed by atoms with Crippen molar-refractivity contribution in [1.82, 2.24) is 14.7 Å². The number of β-amino-alcohol motifs (C(OH)–C–C–N with tert-alkyl or cyclic N) is 1. The first-order valence-corrected chi connectivity index (χ1v) is 10.2. The van der Waals surface area contributed by atoms with E-state index in [0.29, 0.717) is 6.54 Å². The van der Waals surface area contributed by atoms with Crippen LogP contribution >= 0.6 is 0 Å². The standard InChI is InChI=1S/C22H39N3O3/c1-22(2,3)17-24(5)14-18-7-8-20(27-6)13-21(18)28-16-19(26)15-25-11-9-23(4)10-12-25/h7-8,13,19,26H,9-12,14-17H2,1-6H3. The molecular formula is C22H39N3O3. The van der Waals surface area contributed by atoms with Gasteiger partial charge in [0.1, 0.15) is 24.2 Å². The Labute approximate surface area is 171 Å². The van der Waals surface area contributed by atoms with E-state index in [0.717, 1.165) is 56.3 Å². The zero-order valence-corrected chi connectivity index (χ0v) is 18.6. The molecule has 0 aromatic heterocycles. The Hall–Kier alpha value is -1.34. The van der Waals surface area contributed by atoms with Gasteiger partial charge in [0.25, 0.3) is 0 Å². The number of piperazine rings is 1. The smallest absolute Gasteiger partial charge is 0.127 e. The third-order valence-electron chi connectivity index (χ3n) is 4.95. The van der Waals surface area contributed by atoms with Crippen molar-refractivity contribution < 1.29 is 14.6 Å². The highest BCUT2D eigenvalue weighted by molar-refractivity contribution is 5.40. The van der Waals surface area contributed by atoms with Crippen LogP contribution in [0.15, 0.2) is 18.2 Å². The summed E-state index contributed by atoms with van der Waals surface area (Å²) in [5, 5.41) is 10.5. The molecule has 0 spiro atoms. The number of nitrogens with zero attached hydrogens (tertiary/aromatic N) is 3. The van der Waals surface area contributed by atoms with Crippen LogP contribution in [0.2, 0.25) is 0 Å². The lowest BCUT2D eigenvalue weighted by Crippen LogP contribution is -2.47. The number of methoxy groups -OCH3 is 1. The molecule has 1 saturated heterocycles. The van der Waals surface area contributed by atoms with Gasteiger partial charge in [-0.15, -0.1) is 0 Å². The molecule has 6 nitrogen and oxygen atoms in total. The summed E-state index contributed by atoms with van der Waals surface area (Å²) in [5.74, 6) is 1.56. The summed E-state index contributed by atoms with van der Waals surface area (Å²) in [6.07, 6.45) is -0.505. The Morgan fingerprint density at radius 2 is 1.86 bits per heavy atom. The first kappa shape index (κ1) is 22.9. The highest BCUT2D eigenvalue weighted by atomic mass is 16.5. The number of hydrogen-bond acceptors (Lipinski definition) is 6. The third-order valence-corrected chi connectivity index (χ3v) is 4.95. The van der Waals surface area contributed by atoms with Crippen LogP contribution in [-0.4, -0.2) is 93.0 Å². The minimum absolute atomic E-state index is 0.237. The number of ether oxygens (including phenoxy) is 2. The highest BCUT2D eigenvalue weighted by Gasteiger charge is 2.19. The van der Waals surface area contributed by atoms with E-state index in [1.807, 2.05) is 12.1 Å². The molecule has 1 atom stereocenters. The molecule has 1 aromatic carbocycles. The molecule has 0 bridgehead atoms. The summed E-state index contributed by atoms with van der Waals surface area (Å²) < 4.78 is 11.4. The largest absolute Gasteiger partial charge is 0.497 e. The Balaban J connectivity index is 1.94. The van der Waals surface area contributed by atoms with Gasteiger partial charge in [0.05, 0.1) is 7.11 Å². The molecule has 1 N–H and O–H groups in total. The molecule has 1 aliphatic heterocycles. The number of rotatable bonds is 9. The number of hydrogen-bond donors (Lipinski definition) is 1. The molecule has 1 heterocycles. The molecule has 1 unspecified atom stereocenters. The second-order valence-corrected chi connectivity index (χ2v) is 9.28. The quantitative estimate of drug-likeness (QED) is 0.694. The topological polar surface area (TPSA) is 48.4 Å². The average molecular weight is 394 g/mol. The van der Waals surface area contributed by atoms with Gasteiger partial charge in [-0.25, -0.2) is 0 Å². The SMILES string of the molecule is COc1ccc(CN(C)CC(C)(C)C)c(OCC(O)CN2CCN(C)CC2)c1. The molecule has 1 aromatic rings. The summed E-state index contributed by atoms with van der Waals surface area (Å²) in [4.78, 5) is 6.92. The third kappa shape index (κ3) is 7.95. The van der Waals surface area contributed by atoms with E-state index in [9.17, 15) is 5.11 Å². The molecule has 160 valence electrons. The van der Waals surface area contributed by atoms with Crippen LogP contribution in [-0.2, 0) is 6.54 Å². The lowest BCUT2D eigenvalue weighted by Gasteiger charge is -2.33. The molecule has 6 heteroatoms. The zero-order valence-electron chi connectivity index (χ0n) is 18.6. The maximum absolute atomic E-state index is 10.5. The Bertz CT molecular complexity index is 595. The van der Waals surface area contributed by atoms with Gasteiger partial charge >= 0.3 is 0 Å². The van der Waals surface area contributed by atoms with E-state index in [1.54, 1.807) is 7.11 Å². The number of aliphatic hydroxyl groups excluding tert-OH is 1. The van der Waals surface area contributed by atoms with E-state index < -0.39 is 6.10 Å². The second kappa shape index (κ2) is 10.4. The van der Waals surface area contributed by atoms with Gasteiger partial charge in [-0.05, 0) is 25.6 Å². The van der Waals surface area contributed by atoms with Crippen LogP contribution in [0.5, 0.6) is 11.5 Å². The van der Waals surface area contributed by atoms with Crippen molar-refractivity contribution in [1.29, 1.82) is 0 Å². The van der Waals surface area contributed by atoms with Gasteiger partial charge in [0.15, 0.2) is 0 Å². The molecular weight excluding hydrogens is 354 g/mol. The van der Waals surface area contributed by atoms with Crippen LogP contribution in [0, 0.1) is 5.41 Å². The van der Waals surface area contributed by atoms with Crippen molar-refractivity contribution in [3.63, 3.8) is 0 Å². The molecule has 1 aliphatic rings. The number of likely N-dealkylation sites (N-methyl/N-ethyl adjacent to an activating group) is 1. The lowest BCUT2D eigenvalue weighted by molar-refractivity contribution is 0.0499. The van der Waals surface area contributed by atoms with E-state index in [1.165, 1.54) is 0 Å². The van der Waals surface area contributed by atoms with Gasteiger partial charge < -0.3 is 24.4 Å². The van der Waals surface area contributed by atoms with E-state index in [4.69, 9.17) is 9.47 Å².